The molecule has 0 saturated carbocycles. The largest absolute Gasteiger partial charge is 0.346 e. The van der Waals surface area contributed by atoms with E-state index in [4.69, 9.17) is 5.73 Å². The van der Waals surface area contributed by atoms with Crippen LogP contribution in [-0.2, 0) is 13.0 Å². The van der Waals surface area contributed by atoms with Crippen LogP contribution in [0.15, 0.2) is 18.7 Å². The van der Waals surface area contributed by atoms with Crippen LogP contribution < -0.4 is 5.73 Å². The summed E-state index contributed by atoms with van der Waals surface area (Å²) < 4.78 is 4.16. The molecule has 0 aliphatic heterocycles. The number of rotatable bonds is 3. The molecule has 1 aliphatic carbocycles. The van der Waals surface area contributed by atoms with Crippen LogP contribution in [0.1, 0.15) is 55.7 Å². The molecule has 0 radical (unpaired) electrons. The van der Waals surface area contributed by atoms with Gasteiger partial charge in [0.2, 0.25) is 0 Å². The average Bonchev–Trinajstić information content (AvgIpc) is 2.96. The normalized spacial score (nSPS) is 18.8. The molecule has 2 aromatic heterocycles. The molecule has 5 heteroatoms. The Bertz CT molecular complexity index is 566. The van der Waals surface area contributed by atoms with Gasteiger partial charge in [-0.2, -0.15) is 5.10 Å². The molecule has 2 heterocycles. The second-order valence-corrected chi connectivity index (χ2v) is 5.62. The van der Waals surface area contributed by atoms with Gasteiger partial charge in [-0.25, -0.2) is 9.67 Å². The van der Waals surface area contributed by atoms with Crippen molar-refractivity contribution >= 4 is 0 Å². The van der Waals surface area contributed by atoms with Crippen LogP contribution in [0.2, 0.25) is 0 Å². The van der Waals surface area contributed by atoms with E-state index >= 15 is 0 Å². The van der Waals surface area contributed by atoms with Crippen LogP contribution in [-0.4, -0.2) is 19.3 Å². The highest BCUT2D eigenvalue weighted by Crippen LogP contribution is 2.28. The first-order valence-electron chi connectivity index (χ1n) is 6.97. The van der Waals surface area contributed by atoms with Gasteiger partial charge in [-0.1, -0.05) is 0 Å². The van der Waals surface area contributed by atoms with E-state index in [0.29, 0.717) is 6.04 Å². The molecule has 1 aliphatic rings. The van der Waals surface area contributed by atoms with Crippen molar-refractivity contribution in [3.05, 3.63) is 35.7 Å². The highest BCUT2D eigenvalue weighted by molar-refractivity contribution is 5.30. The molecular formula is C14H21N5. The van der Waals surface area contributed by atoms with Gasteiger partial charge in [0, 0.05) is 24.5 Å². The summed E-state index contributed by atoms with van der Waals surface area (Å²) in [5.41, 5.74) is 8.87. The van der Waals surface area contributed by atoms with Gasteiger partial charge < -0.3 is 10.3 Å². The molecule has 0 bridgehead atoms. The van der Waals surface area contributed by atoms with Gasteiger partial charge >= 0.3 is 0 Å². The second kappa shape index (κ2) is 4.81. The smallest absolute Gasteiger partial charge is 0.147 e. The molecule has 0 amide bonds. The molecule has 0 fully saturated rings. The number of nitrogens with two attached hydrogens (primary N) is 1. The highest BCUT2D eigenvalue weighted by atomic mass is 15.4. The molecule has 2 N–H and O–H groups in total. The zero-order chi connectivity index (χ0) is 13.4. The molecule has 3 rings (SSSR count). The van der Waals surface area contributed by atoms with Crippen molar-refractivity contribution < 1.29 is 0 Å². The summed E-state index contributed by atoms with van der Waals surface area (Å²) in [7, 11) is 0. The third-order valence-corrected chi connectivity index (χ3v) is 3.82. The van der Waals surface area contributed by atoms with E-state index in [-0.39, 0.29) is 6.04 Å². The number of hydrogen-bond acceptors (Lipinski definition) is 3. The average molecular weight is 259 g/mol. The Kier molecular flexibility index (Phi) is 3.14. The minimum absolute atomic E-state index is 0.202. The number of fused-ring (bicyclic) bond motifs is 1. The quantitative estimate of drug-likeness (QED) is 0.917. The zero-order valence-electron chi connectivity index (χ0n) is 11.6. The van der Waals surface area contributed by atoms with Crippen molar-refractivity contribution in [2.24, 2.45) is 5.73 Å². The summed E-state index contributed by atoms with van der Waals surface area (Å²) in [5.74, 6) is 0.996. The lowest BCUT2D eigenvalue weighted by Crippen LogP contribution is -2.15. The van der Waals surface area contributed by atoms with Crippen molar-refractivity contribution in [1.29, 1.82) is 0 Å². The van der Waals surface area contributed by atoms with E-state index in [2.05, 4.69) is 40.9 Å². The molecule has 2 aromatic rings. The van der Waals surface area contributed by atoms with Crippen molar-refractivity contribution in [2.45, 2.75) is 51.7 Å². The van der Waals surface area contributed by atoms with Crippen molar-refractivity contribution in [2.75, 3.05) is 0 Å². The summed E-state index contributed by atoms with van der Waals surface area (Å²) in [4.78, 5) is 4.36. The molecule has 5 nitrogen and oxygen atoms in total. The van der Waals surface area contributed by atoms with Gasteiger partial charge in [0.15, 0.2) is 0 Å². The summed E-state index contributed by atoms with van der Waals surface area (Å²) in [6.45, 7) is 5.00. The van der Waals surface area contributed by atoms with Crippen molar-refractivity contribution in [3.63, 3.8) is 0 Å². The predicted molar refractivity (Wildman–Crippen MR) is 73.8 cm³/mol. The first-order chi connectivity index (χ1) is 9.15. The monoisotopic (exact) mass is 259 g/mol. The van der Waals surface area contributed by atoms with E-state index in [9.17, 15) is 0 Å². The second-order valence-electron chi connectivity index (χ2n) is 5.62. The Morgan fingerprint density at radius 2 is 2.26 bits per heavy atom. The fourth-order valence-corrected chi connectivity index (χ4v) is 2.86. The van der Waals surface area contributed by atoms with Crippen LogP contribution in [0.25, 0.3) is 0 Å². The van der Waals surface area contributed by atoms with Crippen molar-refractivity contribution in [1.82, 2.24) is 19.3 Å². The lowest BCUT2D eigenvalue weighted by Gasteiger charge is -2.17. The molecule has 1 unspecified atom stereocenters. The summed E-state index contributed by atoms with van der Waals surface area (Å²) in [6.07, 6.45) is 9.46. The third kappa shape index (κ3) is 2.30. The highest BCUT2D eigenvalue weighted by Gasteiger charge is 2.19. The Morgan fingerprint density at radius 1 is 1.42 bits per heavy atom. The molecule has 0 saturated heterocycles. The Labute approximate surface area is 113 Å². The van der Waals surface area contributed by atoms with Gasteiger partial charge in [0.25, 0.3) is 0 Å². The Hall–Kier alpha value is -1.62. The lowest BCUT2D eigenvalue weighted by atomic mass is 9.92. The van der Waals surface area contributed by atoms with E-state index < -0.39 is 0 Å². The summed E-state index contributed by atoms with van der Waals surface area (Å²) >= 11 is 0. The first-order valence-corrected chi connectivity index (χ1v) is 6.97. The van der Waals surface area contributed by atoms with Crippen molar-refractivity contribution in [3.8, 4) is 0 Å². The topological polar surface area (TPSA) is 61.7 Å². The maximum absolute atomic E-state index is 6.16. The molecule has 102 valence electrons. The van der Waals surface area contributed by atoms with Crippen LogP contribution in [0.3, 0.4) is 0 Å². The standard InChI is InChI=1S/C14H21N5/c1-10(2)19-14(16-9-17-19)8-18-6-11-4-3-5-13(15)12(11)7-18/h6-7,9-10,13H,3-5,8,15H2,1-2H3. The lowest BCUT2D eigenvalue weighted by molar-refractivity contribution is 0.496. The van der Waals surface area contributed by atoms with Gasteiger partial charge in [0.1, 0.15) is 12.2 Å². The van der Waals surface area contributed by atoms with Gasteiger partial charge in [-0.05, 0) is 44.2 Å². The zero-order valence-corrected chi connectivity index (χ0v) is 11.6. The van der Waals surface area contributed by atoms with E-state index in [1.807, 2.05) is 4.68 Å². The number of aryl methyl sites for hydroxylation is 1. The SMILES string of the molecule is CC(C)n1ncnc1Cn1cc2c(c1)C(N)CCC2. The molecule has 0 aromatic carbocycles. The third-order valence-electron chi connectivity index (χ3n) is 3.82. The fraction of sp³-hybridized carbons (Fsp3) is 0.571. The summed E-state index contributed by atoms with van der Waals surface area (Å²) in [5, 5.41) is 4.28. The van der Waals surface area contributed by atoms with Gasteiger partial charge in [-0.3, -0.25) is 0 Å². The van der Waals surface area contributed by atoms with Gasteiger partial charge in [0.05, 0.1) is 6.54 Å². The predicted octanol–water partition coefficient (Wildman–Crippen LogP) is 2.04. The van der Waals surface area contributed by atoms with E-state index in [0.717, 1.165) is 25.2 Å². The first kappa shape index (κ1) is 12.4. The van der Waals surface area contributed by atoms with Crippen LogP contribution in [0.4, 0.5) is 0 Å². The molecular weight excluding hydrogens is 238 g/mol. The molecule has 0 spiro atoms. The Morgan fingerprint density at radius 3 is 3.00 bits per heavy atom. The minimum atomic E-state index is 0.202. The van der Waals surface area contributed by atoms with Crippen LogP contribution >= 0.6 is 0 Å². The van der Waals surface area contributed by atoms with Crippen LogP contribution in [0.5, 0.6) is 0 Å². The minimum Gasteiger partial charge on any atom is -0.346 e. The molecule has 1 atom stereocenters. The molecule has 19 heavy (non-hydrogen) atoms. The number of aromatic nitrogens is 4. The maximum atomic E-state index is 6.16. The van der Waals surface area contributed by atoms with E-state index in [1.54, 1.807) is 6.33 Å². The van der Waals surface area contributed by atoms with Crippen LogP contribution in [0, 0.1) is 0 Å². The maximum Gasteiger partial charge on any atom is 0.147 e. The number of hydrogen-bond donors (Lipinski definition) is 1. The Balaban J connectivity index is 1.86. The van der Waals surface area contributed by atoms with E-state index in [1.165, 1.54) is 17.5 Å². The van der Waals surface area contributed by atoms with Gasteiger partial charge in [-0.15, -0.1) is 0 Å². The fourth-order valence-electron chi connectivity index (χ4n) is 2.86. The summed E-state index contributed by atoms with van der Waals surface area (Å²) in [6, 6.07) is 0.540. The number of nitrogens with zero attached hydrogens (tertiary/aromatic N) is 4.